The van der Waals surface area contributed by atoms with Crippen LogP contribution in [0.15, 0.2) is 42.5 Å². The molecule has 2 rings (SSSR count). The van der Waals surface area contributed by atoms with Crippen LogP contribution in [0.5, 0.6) is 5.75 Å². The van der Waals surface area contributed by atoms with Gasteiger partial charge in [0.2, 0.25) is 5.91 Å². The molecule has 1 N–H and O–H groups in total. The lowest BCUT2D eigenvalue weighted by Gasteiger charge is -2.09. The van der Waals surface area contributed by atoms with Crippen molar-refractivity contribution >= 4 is 17.4 Å². The molecule has 0 aromatic heterocycles. The molecule has 0 saturated heterocycles. The molecule has 4 heteroatoms. The molecule has 1 amide bonds. The highest BCUT2D eigenvalue weighted by Gasteiger charge is 2.16. The van der Waals surface area contributed by atoms with E-state index < -0.39 is 0 Å². The van der Waals surface area contributed by atoms with Crippen LogP contribution in [0.25, 0.3) is 0 Å². The molecule has 2 aromatic rings. The minimum Gasteiger partial charge on any atom is -0.497 e. The van der Waals surface area contributed by atoms with Crippen LogP contribution in [-0.4, -0.2) is 18.8 Å². The molecular weight excluding hydrogens is 278 g/mol. The number of ketones is 1. The summed E-state index contributed by atoms with van der Waals surface area (Å²) >= 11 is 0. The molecule has 0 spiro atoms. The minimum absolute atomic E-state index is 0.170. The van der Waals surface area contributed by atoms with E-state index in [2.05, 4.69) is 5.32 Å². The van der Waals surface area contributed by atoms with Gasteiger partial charge in [0.15, 0.2) is 5.78 Å². The maximum atomic E-state index is 12.3. The van der Waals surface area contributed by atoms with Crippen LogP contribution in [-0.2, 0) is 4.79 Å². The number of ether oxygens (including phenoxy) is 1. The molecule has 114 valence electrons. The highest BCUT2D eigenvalue weighted by Crippen LogP contribution is 2.18. The van der Waals surface area contributed by atoms with E-state index in [1.54, 1.807) is 31.4 Å². The number of anilines is 1. The fraction of sp³-hybridized carbons (Fsp3) is 0.222. The van der Waals surface area contributed by atoms with Crippen molar-refractivity contribution in [2.45, 2.75) is 20.3 Å². The van der Waals surface area contributed by atoms with E-state index >= 15 is 0 Å². The number of benzene rings is 2. The zero-order valence-corrected chi connectivity index (χ0v) is 13.0. The number of methoxy groups -OCH3 is 1. The van der Waals surface area contributed by atoms with E-state index in [0.29, 0.717) is 17.0 Å². The number of Topliss-reactive ketones (excluding diaryl/α,β-unsaturated/α-hetero) is 1. The molecule has 0 aliphatic heterocycles. The highest BCUT2D eigenvalue weighted by molar-refractivity contribution is 6.12. The van der Waals surface area contributed by atoms with Gasteiger partial charge in [-0.1, -0.05) is 24.3 Å². The molecular formula is C18H19NO3. The third-order valence-electron chi connectivity index (χ3n) is 3.43. The van der Waals surface area contributed by atoms with Crippen LogP contribution in [0.1, 0.15) is 27.9 Å². The van der Waals surface area contributed by atoms with Crippen molar-refractivity contribution in [1.29, 1.82) is 0 Å². The summed E-state index contributed by atoms with van der Waals surface area (Å²) in [6.45, 7) is 3.75. The van der Waals surface area contributed by atoms with E-state index in [-0.39, 0.29) is 18.1 Å². The van der Waals surface area contributed by atoms with Gasteiger partial charge in [0.25, 0.3) is 0 Å². The molecule has 0 radical (unpaired) electrons. The first kappa shape index (κ1) is 15.8. The topological polar surface area (TPSA) is 55.4 Å². The van der Waals surface area contributed by atoms with Gasteiger partial charge in [0.05, 0.1) is 13.5 Å². The van der Waals surface area contributed by atoms with Crippen molar-refractivity contribution in [2.24, 2.45) is 0 Å². The lowest BCUT2D eigenvalue weighted by molar-refractivity contribution is -0.115. The summed E-state index contributed by atoms with van der Waals surface area (Å²) in [5.74, 6) is 0.149. The first-order valence-corrected chi connectivity index (χ1v) is 7.04. The van der Waals surface area contributed by atoms with Gasteiger partial charge in [-0.15, -0.1) is 0 Å². The summed E-state index contributed by atoms with van der Waals surface area (Å²) in [4.78, 5) is 24.4. The predicted molar refractivity (Wildman–Crippen MR) is 86.5 cm³/mol. The molecule has 0 fully saturated rings. The van der Waals surface area contributed by atoms with E-state index in [1.807, 2.05) is 32.0 Å². The fourth-order valence-electron chi connectivity index (χ4n) is 2.39. The monoisotopic (exact) mass is 297 g/mol. The second kappa shape index (κ2) is 6.89. The normalized spacial score (nSPS) is 10.1. The number of aryl methyl sites for hydroxylation is 2. The van der Waals surface area contributed by atoms with E-state index in [1.165, 1.54) is 0 Å². The van der Waals surface area contributed by atoms with Gasteiger partial charge >= 0.3 is 0 Å². The molecule has 0 heterocycles. The third kappa shape index (κ3) is 3.73. The zero-order chi connectivity index (χ0) is 16.1. The summed E-state index contributed by atoms with van der Waals surface area (Å²) in [6.07, 6.45) is -0.178. The number of amides is 1. The Morgan fingerprint density at radius 3 is 2.32 bits per heavy atom. The van der Waals surface area contributed by atoms with Crippen LogP contribution in [0.4, 0.5) is 5.69 Å². The lowest BCUT2D eigenvalue weighted by Crippen LogP contribution is -2.17. The van der Waals surface area contributed by atoms with Gasteiger partial charge in [0, 0.05) is 17.3 Å². The number of carbonyl (C=O) groups is 2. The molecule has 0 unspecified atom stereocenters. The van der Waals surface area contributed by atoms with E-state index in [0.717, 1.165) is 11.1 Å². The van der Waals surface area contributed by atoms with Crippen LogP contribution < -0.4 is 10.1 Å². The molecule has 0 aliphatic rings. The molecule has 0 aliphatic carbocycles. The number of carbonyl (C=O) groups excluding carboxylic acids is 2. The first-order chi connectivity index (χ1) is 10.5. The fourth-order valence-corrected chi connectivity index (χ4v) is 2.39. The van der Waals surface area contributed by atoms with Gasteiger partial charge < -0.3 is 10.1 Å². The third-order valence-corrected chi connectivity index (χ3v) is 3.43. The zero-order valence-electron chi connectivity index (χ0n) is 13.0. The summed E-state index contributed by atoms with van der Waals surface area (Å²) in [6, 6.07) is 12.7. The number of rotatable bonds is 5. The van der Waals surface area contributed by atoms with E-state index in [9.17, 15) is 9.59 Å². The lowest BCUT2D eigenvalue weighted by atomic mass is 9.97. The highest BCUT2D eigenvalue weighted by atomic mass is 16.5. The summed E-state index contributed by atoms with van der Waals surface area (Å²) in [5.41, 5.74) is 3.01. The Balaban J connectivity index is 2.07. The Hall–Kier alpha value is -2.62. The molecule has 4 nitrogen and oxygen atoms in total. The number of hydrogen-bond acceptors (Lipinski definition) is 3. The molecule has 2 aromatic carbocycles. The maximum absolute atomic E-state index is 12.3. The first-order valence-electron chi connectivity index (χ1n) is 7.04. The second-order valence-electron chi connectivity index (χ2n) is 5.15. The SMILES string of the molecule is COc1cccc(NC(=O)CC(=O)c2c(C)cccc2C)c1. The Labute approximate surface area is 130 Å². The van der Waals surface area contributed by atoms with Crippen LogP contribution in [0.3, 0.4) is 0 Å². The summed E-state index contributed by atoms with van der Waals surface area (Å²) < 4.78 is 5.10. The Bertz CT molecular complexity index is 687. The van der Waals surface area contributed by atoms with Crippen molar-refractivity contribution < 1.29 is 14.3 Å². The Morgan fingerprint density at radius 1 is 1.05 bits per heavy atom. The van der Waals surface area contributed by atoms with Crippen molar-refractivity contribution in [3.8, 4) is 5.75 Å². The van der Waals surface area contributed by atoms with Gasteiger partial charge in [-0.3, -0.25) is 9.59 Å². The average Bonchev–Trinajstić information content (AvgIpc) is 2.47. The average molecular weight is 297 g/mol. The van der Waals surface area contributed by atoms with Crippen LogP contribution in [0.2, 0.25) is 0 Å². The van der Waals surface area contributed by atoms with Crippen molar-refractivity contribution in [2.75, 3.05) is 12.4 Å². The molecule has 0 atom stereocenters. The van der Waals surface area contributed by atoms with Crippen molar-refractivity contribution in [3.05, 3.63) is 59.2 Å². The quantitative estimate of drug-likeness (QED) is 0.678. The smallest absolute Gasteiger partial charge is 0.232 e. The van der Waals surface area contributed by atoms with Crippen LogP contribution in [0, 0.1) is 13.8 Å². The van der Waals surface area contributed by atoms with Gasteiger partial charge in [-0.25, -0.2) is 0 Å². The Kier molecular flexibility index (Phi) is 4.94. The van der Waals surface area contributed by atoms with Crippen molar-refractivity contribution in [3.63, 3.8) is 0 Å². The molecule has 22 heavy (non-hydrogen) atoms. The molecule has 0 bridgehead atoms. The minimum atomic E-state index is -0.332. The van der Waals surface area contributed by atoms with Gasteiger partial charge in [-0.2, -0.15) is 0 Å². The van der Waals surface area contributed by atoms with Crippen molar-refractivity contribution in [1.82, 2.24) is 0 Å². The van der Waals surface area contributed by atoms with Crippen LogP contribution >= 0.6 is 0 Å². The summed E-state index contributed by atoms with van der Waals surface area (Å²) in [7, 11) is 1.56. The second-order valence-corrected chi connectivity index (χ2v) is 5.15. The Morgan fingerprint density at radius 2 is 1.68 bits per heavy atom. The largest absolute Gasteiger partial charge is 0.497 e. The predicted octanol–water partition coefficient (Wildman–Crippen LogP) is 3.52. The molecule has 0 saturated carbocycles. The van der Waals surface area contributed by atoms with Gasteiger partial charge in [0.1, 0.15) is 5.75 Å². The van der Waals surface area contributed by atoms with E-state index in [4.69, 9.17) is 4.74 Å². The maximum Gasteiger partial charge on any atom is 0.232 e. The standard InChI is InChI=1S/C18H19NO3/c1-12-6-4-7-13(2)18(12)16(20)11-17(21)19-14-8-5-9-15(10-14)22-3/h4-10H,11H2,1-3H3,(H,19,21). The van der Waals surface area contributed by atoms with Gasteiger partial charge in [-0.05, 0) is 37.1 Å². The number of nitrogens with one attached hydrogen (secondary N) is 1. The number of hydrogen-bond donors (Lipinski definition) is 1. The summed E-state index contributed by atoms with van der Waals surface area (Å²) in [5, 5.41) is 2.72.